The van der Waals surface area contributed by atoms with Gasteiger partial charge in [-0.05, 0) is 36.7 Å². The molecule has 0 atom stereocenters. The van der Waals surface area contributed by atoms with E-state index in [1.807, 2.05) is 13.8 Å². The number of anilines is 2. The molecule has 9 heteroatoms. The third kappa shape index (κ3) is 5.90. The van der Waals surface area contributed by atoms with Gasteiger partial charge < -0.3 is 10.1 Å². The summed E-state index contributed by atoms with van der Waals surface area (Å²) in [4.78, 5) is 11.4. The highest BCUT2D eigenvalue weighted by molar-refractivity contribution is 6.28. The lowest BCUT2D eigenvalue weighted by atomic mass is 10.2. The number of benzene rings is 1. The van der Waals surface area contributed by atoms with Crippen LogP contribution in [0.4, 0.5) is 24.8 Å². The molecule has 2 rings (SSSR count). The van der Waals surface area contributed by atoms with Crippen molar-refractivity contribution in [3.8, 4) is 6.01 Å². The normalized spacial score (nSPS) is 10.6. The minimum Gasteiger partial charge on any atom is -0.464 e. The van der Waals surface area contributed by atoms with Crippen LogP contribution in [0.2, 0.25) is 5.28 Å². The van der Waals surface area contributed by atoms with Gasteiger partial charge in [0.2, 0.25) is 11.2 Å². The first-order valence-electron chi connectivity index (χ1n) is 6.87. The molecule has 2 aromatic rings. The number of nitrogens with one attached hydrogen (secondary N) is 1. The largest absolute Gasteiger partial charge is 0.464 e. The predicted molar refractivity (Wildman–Crippen MR) is 82.1 cm³/mol. The van der Waals surface area contributed by atoms with Crippen LogP contribution in [-0.2, 0) is 6.18 Å². The van der Waals surface area contributed by atoms with Crippen LogP contribution in [0, 0.1) is 0 Å². The van der Waals surface area contributed by atoms with E-state index >= 15 is 0 Å². The second-order valence-corrected chi connectivity index (χ2v) is 4.19. The molecular weight excluding hydrogens is 333 g/mol. The molecule has 0 unspecified atom stereocenters. The molecule has 0 saturated carbocycles. The Morgan fingerprint density at radius 2 is 1.87 bits per heavy atom. The van der Waals surface area contributed by atoms with Crippen LogP contribution >= 0.6 is 11.6 Å². The molecule has 1 aromatic heterocycles. The molecule has 0 bridgehead atoms. The summed E-state index contributed by atoms with van der Waals surface area (Å²) in [7, 11) is 0. The molecule has 1 N–H and O–H groups in total. The van der Waals surface area contributed by atoms with Crippen molar-refractivity contribution < 1.29 is 17.9 Å². The van der Waals surface area contributed by atoms with E-state index in [-0.39, 0.29) is 22.9 Å². The molecule has 5 nitrogen and oxygen atoms in total. The fourth-order valence-electron chi connectivity index (χ4n) is 1.48. The molecule has 1 heterocycles. The number of aromatic nitrogens is 3. The average Bonchev–Trinajstić information content (AvgIpc) is 2.48. The third-order valence-electron chi connectivity index (χ3n) is 2.31. The van der Waals surface area contributed by atoms with E-state index in [1.54, 1.807) is 6.92 Å². The van der Waals surface area contributed by atoms with E-state index in [0.717, 1.165) is 12.1 Å². The molecule has 0 aliphatic rings. The van der Waals surface area contributed by atoms with Crippen molar-refractivity contribution in [3.05, 3.63) is 35.1 Å². The molecule has 0 aliphatic heterocycles. The first-order valence-corrected chi connectivity index (χ1v) is 7.25. The van der Waals surface area contributed by atoms with E-state index in [9.17, 15) is 13.2 Å². The van der Waals surface area contributed by atoms with Crippen molar-refractivity contribution in [2.75, 3.05) is 11.9 Å². The molecule has 126 valence electrons. The Balaban J connectivity index is 0.00000127. The molecule has 0 spiro atoms. The van der Waals surface area contributed by atoms with Gasteiger partial charge in [0, 0.05) is 5.69 Å². The standard InChI is InChI=1S/C12H10ClF3N4O.C2H6/c1-2-21-11-19-9(13)18-10(20-11)17-8-5-3-4-7(6-8)12(14,15)16;1-2/h3-6H,2H2,1H3,(H,17,18,19,20);1-2H3. The minimum atomic E-state index is -4.43. The van der Waals surface area contributed by atoms with Gasteiger partial charge in [-0.1, -0.05) is 19.9 Å². The minimum absolute atomic E-state index is 0.00206. The zero-order valence-corrected chi connectivity index (χ0v) is 13.5. The predicted octanol–water partition coefficient (Wildman–Crippen LogP) is 4.71. The second-order valence-electron chi connectivity index (χ2n) is 3.85. The number of hydrogen-bond donors (Lipinski definition) is 1. The van der Waals surface area contributed by atoms with Gasteiger partial charge in [-0.15, -0.1) is 0 Å². The zero-order valence-electron chi connectivity index (χ0n) is 12.8. The molecular formula is C14H16ClF3N4O. The molecule has 23 heavy (non-hydrogen) atoms. The second kappa shape index (κ2) is 8.52. The molecule has 0 fully saturated rings. The maximum Gasteiger partial charge on any atom is 0.416 e. The number of alkyl halides is 3. The van der Waals surface area contributed by atoms with Crippen LogP contribution in [0.5, 0.6) is 6.01 Å². The third-order valence-corrected chi connectivity index (χ3v) is 2.48. The van der Waals surface area contributed by atoms with E-state index in [0.29, 0.717) is 6.61 Å². The van der Waals surface area contributed by atoms with Crippen LogP contribution in [0.1, 0.15) is 26.3 Å². The lowest BCUT2D eigenvalue weighted by Crippen LogP contribution is -2.06. The van der Waals surface area contributed by atoms with Gasteiger partial charge in [0.15, 0.2) is 0 Å². The Kier molecular flexibility index (Phi) is 7.02. The van der Waals surface area contributed by atoms with Crippen LogP contribution < -0.4 is 10.1 Å². The van der Waals surface area contributed by atoms with Gasteiger partial charge in [-0.25, -0.2) is 0 Å². The van der Waals surface area contributed by atoms with Crippen molar-refractivity contribution >= 4 is 23.2 Å². The molecule has 0 radical (unpaired) electrons. The van der Waals surface area contributed by atoms with Crippen LogP contribution in [0.3, 0.4) is 0 Å². The monoisotopic (exact) mass is 348 g/mol. The van der Waals surface area contributed by atoms with E-state index in [1.165, 1.54) is 12.1 Å². The lowest BCUT2D eigenvalue weighted by molar-refractivity contribution is -0.137. The van der Waals surface area contributed by atoms with Gasteiger partial charge in [0.05, 0.1) is 12.2 Å². The van der Waals surface area contributed by atoms with E-state index in [2.05, 4.69) is 20.3 Å². The first kappa shape index (κ1) is 19.0. The number of ether oxygens (including phenoxy) is 1. The highest BCUT2D eigenvalue weighted by Gasteiger charge is 2.30. The SMILES string of the molecule is CC.CCOc1nc(Cl)nc(Nc2cccc(C(F)(F)F)c2)n1. The summed E-state index contributed by atoms with van der Waals surface area (Å²) < 4.78 is 43.0. The average molecular weight is 349 g/mol. The quantitative estimate of drug-likeness (QED) is 0.866. The number of rotatable bonds is 4. The highest BCUT2D eigenvalue weighted by Crippen LogP contribution is 2.31. The van der Waals surface area contributed by atoms with Crippen molar-refractivity contribution in [2.24, 2.45) is 0 Å². The summed E-state index contributed by atoms with van der Waals surface area (Å²) in [5.41, 5.74) is -0.604. The summed E-state index contributed by atoms with van der Waals surface area (Å²) in [5.74, 6) is -0.00206. The Bertz CT molecular complexity index is 638. The zero-order chi connectivity index (χ0) is 17.5. The van der Waals surface area contributed by atoms with E-state index < -0.39 is 11.7 Å². The van der Waals surface area contributed by atoms with E-state index in [4.69, 9.17) is 16.3 Å². The Morgan fingerprint density at radius 1 is 1.17 bits per heavy atom. The summed E-state index contributed by atoms with van der Waals surface area (Å²) in [6, 6.07) is 4.63. The summed E-state index contributed by atoms with van der Waals surface area (Å²) >= 11 is 5.69. The maximum atomic E-state index is 12.6. The number of halogens is 4. The fraction of sp³-hybridized carbons (Fsp3) is 0.357. The van der Waals surface area contributed by atoms with Crippen molar-refractivity contribution in [3.63, 3.8) is 0 Å². The van der Waals surface area contributed by atoms with Gasteiger partial charge in [-0.2, -0.15) is 28.1 Å². The topological polar surface area (TPSA) is 59.9 Å². The van der Waals surface area contributed by atoms with Crippen molar-refractivity contribution in [1.29, 1.82) is 0 Å². The fourth-order valence-corrected chi connectivity index (χ4v) is 1.64. The van der Waals surface area contributed by atoms with Crippen LogP contribution in [0.25, 0.3) is 0 Å². The smallest absolute Gasteiger partial charge is 0.416 e. The highest BCUT2D eigenvalue weighted by atomic mass is 35.5. The lowest BCUT2D eigenvalue weighted by Gasteiger charge is -2.10. The first-order chi connectivity index (χ1) is 10.9. The van der Waals surface area contributed by atoms with Gasteiger partial charge >= 0.3 is 12.2 Å². The van der Waals surface area contributed by atoms with Gasteiger partial charge in [0.25, 0.3) is 0 Å². The Hall–Kier alpha value is -2.09. The number of nitrogens with zero attached hydrogens (tertiary/aromatic N) is 3. The molecule has 0 aliphatic carbocycles. The summed E-state index contributed by atoms with van der Waals surface area (Å²) in [5, 5.41) is 2.51. The Morgan fingerprint density at radius 3 is 2.48 bits per heavy atom. The van der Waals surface area contributed by atoms with Crippen LogP contribution in [0.15, 0.2) is 24.3 Å². The van der Waals surface area contributed by atoms with Gasteiger partial charge in [0.1, 0.15) is 0 Å². The maximum absolute atomic E-state index is 12.6. The van der Waals surface area contributed by atoms with Crippen LogP contribution in [-0.4, -0.2) is 21.6 Å². The molecule has 0 saturated heterocycles. The Labute approximate surface area is 136 Å². The summed E-state index contributed by atoms with van der Waals surface area (Å²) in [6.45, 7) is 6.06. The number of hydrogen-bond acceptors (Lipinski definition) is 5. The molecule has 0 amide bonds. The van der Waals surface area contributed by atoms with Gasteiger partial charge in [-0.3, -0.25) is 0 Å². The molecule has 1 aromatic carbocycles. The van der Waals surface area contributed by atoms with Crippen molar-refractivity contribution in [2.45, 2.75) is 26.9 Å². The summed E-state index contributed by atoms with van der Waals surface area (Å²) in [6.07, 6.45) is -4.43. The van der Waals surface area contributed by atoms with Crippen molar-refractivity contribution in [1.82, 2.24) is 15.0 Å².